The molecule has 0 atom stereocenters. The van der Waals surface area contributed by atoms with Crippen molar-refractivity contribution in [2.24, 2.45) is 0 Å². The number of H-pyrrole nitrogens is 2. The maximum Gasteiger partial charge on any atom is 2.00 e. The van der Waals surface area contributed by atoms with Gasteiger partial charge in [-0.15, -0.1) is 22.1 Å². The van der Waals surface area contributed by atoms with Crippen LogP contribution in [0.25, 0.3) is 90.9 Å². The van der Waals surface area contributed by atoms with Crippen LogP contribution >= 0.6 is 34.4 Å². The Morgan fingerprint density at radius 1 is 0.522 bits per heavy atom. The van der Waals surface area contributed by atoms with Crippen LogP contribution in [-0.4, -0.2) is 47.6 Å². The quantitative estimate of drug-likeness (QED) is 0.0288. The molecule has 9 rings (SSSR count). The fourth-order valence-corrected chi connectivity index (χ4v) is 8.21. The third-order valence-corrected chi connectivity index (χ3v) is 11.9. The molecule has 3 aromatic heterocycles. The number of thioether (sulfide) groups is 1. The van der Waals surface area contributed by atoms with Crippen LogP contribution in [0.5, 0.6) is 0 Å². The van der Waals surface area contributed by atoms with Gasteiger partial charge in [-0.25, -0.2) is 58.7 Å². The monoisotopic (exact) mass is 1060 g/mol. The Morgan fingerprint density at radius 3 is 1.25 bits per heavy atom. The van der Waals surface area contributed by atoms with Crippen molar-refractivity contribution in [2.45, 2.75) is 0 Å². The molecule has 2 aliphatic heterocycles. The van der Waals surface area contributed by atoms with Gasteiger partial charge in [-0.3, -0.25) is 0 Å². The van der Waals surface area contributed by atoms with Crippen molar-refractivity contribution in [1.82, 2.24) is 9.97 Å². The van der Waals surface area contributed by atoms with Crippen molar-refractivity contribution in [2.75, 3.05) is 18.6 Å². The van der Waals surface area contributed by atoms with Crippen LogP contribution in [0.4, 0.5) is 43.9 Å². The van der Waals surface area contributed by atoms with Crippen molar-refractivity contribution in [1.29, 1.82) is 0 Å². The predicted molar refractivity (Wildman–Crippen MR) is 243 cm³/mol. The SMILES string of the molecule is [3H]CSCCOC(=O)c1ccc(-c2c3[nH+]c(c(-c4c(F)c(F)c(F)c(F)c4F)c4ccc([n-]4)c(-c4ccc(I)cc4)c4[nH+]c(c(-c5c(F)c(F)c(F)c(F)c5F)c5ccc2[n-]5)C=C4)C=C3)cc1.[Mg+2]. The molecule has 19 heteroatoms. The first-order chi connectivity index (χ1) is 32.2. The minimum atomic E-state index is -2.39. The summed E-state index contributed by atoms with van der Waals surface area (Å²) in [4.78, 5) is 28.2. The molecule has 0 aliphatic carbocycles. The van der Waals surface area contributed by atoms with Crippen LogP contribution < -0.4 is 19.9 Å². The fourth-order valence-electron chi connectivity index (χ4n) is 7.65. The van der Waals surface area contributed by atoms with Crippen LogP contribution in [0.2, 0.25) is 0 Å². The molecule has 0 radical (unpaired) electrons. The number of fused-ring (bicyclic) bond motifs is 8. The number of nitrogens with one attached hydrogen (secondary N) is 2. The van der Waals surface area contributed by atoms with E-state index in [4.69, 9.17) is 6.11 Å². The van der Waals surface area contributed by atoms with Crippen LogP contribution in [0.3, 0.4) is 0 Å². The first kappa shape index (κ1) is 46.2. The van der Waals surface area contributed by atoms with Crippen molar-refractivity contribution < 1.29 is 64.8 Å². The number of ether oxygens (including phenoxy) is 1. The number of esters is 1. The number of hydrogen-bond donors (Lipinski definition) is 0. The molecule has 0 amide bonds. The predicted octanol–water partition coefficient (Wildman–Crippen LogP) is 11.6. The molecule has 0 saturated carbocycles. The van der Waals surface area contributed by atoms with Crippen LogP contribution in [-0.2, 0) is 4.74 Å². The van der Waals surface area contributed by atoms with Gasteiger partial charge in [0.1, 0.15) is 6.61 Å². The number of carbonyl (C=O) groups excluding carboxylic acids is 1. The van der Waals surface area contributed by atoms with E-state index in [0.717, 1.165) is 3.57 Å². The zero-order valence-corrected chi connectivity index (χ0v) is 38.2. The Labute approximate surface area is 407 Å². The van der Waals surface area contributed by atoms with Gasteiger partial charge in [0.2, 0.25) is 34.4 Å². The molecule has 67 heavy (non-hydrogen) atoms. The number of nitrogens with zero attached hydrogens (tertiary/aromatic N) is 2. The molecule has 2 aliphatic rings. The van der Waals surface area contributed by atoms with Crippen LogP contribution in [0, 0.1) is 61.7 Å². The molecule has 0 saturated heterocycles. The van der Waals surface area contributed by atoms with Gasteiger partial charge in [-0.2, -0.15) is 11.8 Å². The van der Waals surface area contributed by atoms with E-state index in [1.54, 1.807) is 24.3 Å². The molecular formula is C48H25F10IMgN4O2S+2. The summed E-state index contributed by atoms with van der Waals surface area (Å²) >= 11 is 3.29. The molecule has 7 aromatic rings. The number of halogens is 11. The molecule has 2 N–H and O–H groups in total. The average molecular weight is 1070 g/mol. The number of carbonyl (C=O) groups is 1. The van der Waals surface area contributed by atoms with E-state index in [1.807, 2.05) is 0 Å². The maximum absolute atomic E-state index is 16.0. The summed E-state index contributed by atoms with van der Waals surface area (Å²) in [5.41, 5.74) is -3.32. The molecule has 8 bridgehead atoms. The molecule has 4 aromatic carbocycles. The van der Waals surface area contributed by atoms with Crippen molar-refractivity contribution in [3.05, 3.63) is 163 Å². The molecule has 0 fully saturated rings. The number of aromatic amines is 2. The Morgan fingerprint density at radius 2 is 0.866 bits per heavy atom. The maximum atomic E-state index is 16.0. The number of aromatic nitrogens is 4. The summed E-state index contributed by atoms with van der Waals surface area (Å²) in [5, 5.41) is 0. The van der Waals surface area contributed by atoms with Crippen LogP contribution in [0.15, 0.2) is 72.8 Å². The van der Waals surface area contributed by atoms with Gasteiger partial charge in [-0.1, -0.05) is 48.5 Å². The van der Waals surface area contributed by atoms with E-state index in [9.17, 15) is 13.6 Å². The summed E-state index contributed by atoms with van der Waals surface area (Å²) in [6, 6.07) is 17.8. The number of benzene rings is 4. The number of rotatable bonds is 8. The van der Waals surface area contributed by atoms with Crippen LogP contribution in [0.1, 0.15) is 34.5 Å². The van der Waals surface area contributed by atoms with E-state index < -0.39 is 86.4 Å². The summed E-state index contributed by atoms with van der Waals surface area (Å²) in [7, 11) is 0. The van der Waals surface area contributed by atoms with Gasteiger partial charge < -0.3 is 14.7 Å². The molecule has 0 spiro atoms. The summed E-state index contributed by atoms with van der Waals surface area (Å²) < 4.78 is 166. The summed E-state index contributed by atoms with van der Waals surface area (Å²) in [6.45, 7) is 0.0176. The van der Waals surface area contributed by atoms with Gasteiger partial charge in [-0.05, 0) is 64.2 Å². The normalized spacial score (nSPS) is 12.1. The standard InChI is InChI=1S/C48H24F10IN4O2S.Mg/c1-66-19-18-65-48(64)22-4-2-20(3-5-22)32-24-10-14-28(60-24)34(36-38(49)42(53)46(57)43(54)39(36)50)30-16-12-26(62-30)33(21-6-8-23(59)9-7-21)27-13-17-31(63-27)35(29-15-11-25(32)61-29)37-40(51)44(55)47(58)45(56)41(37)52;/h2-17H,18-19H2,1H3,(H-,60,61,62,63,64);/q-1;+2/p+1/i1T;. The Bertz CT molecular complexity index is 3330. The Kier molecular flexibility index (Phi) is 13.1. The van der Waals surface area contributed by atoms with Crippen molar-refractivity contribution in [3.8, 4) is 44.5 Å². The first-order valence-electron chi connectivity index (χ1n) is 20.0. The molecule has 6 nitrogen and oxygen atoms in total. The van der Waals surface area contributed by atoms with E-state index in [-0.39, 0.29) is 103 Å². The van der Waals surface area contributed by atoms with E-state index >= 15 is 35.1 Å². The van der Waals surface area contributed by atoms with E-state index in [2.05, 4.69) is 42.5 Å². The van der Waals surface area contributed by atoms with E-state index in [1.165, 1.54) is 84.6 Å². The third kappa shape index (κ3) is 8.43. The smallest absolute Gasteiger partial charge is 0.656 e. The molecule has 332 valence electrons. The second kappa shape index (κ2) is 19.0. The zero-order chi connectivity index (χ0) is 47.4. The largest absolute Gasteiger partial charge is 2.00 e. The third-order valence-electron chi connectivity index (χ3n) is 10.7. The minimum Gasteiger partial charge on any atom is -0.656 e. The summed E-state index contributed by atoms with van der Waals surface area (Å²) in [5.74, 6) is -22.6. The number of hydrogen-bond acceptors (Lipinski definition) is 3. The Balaban J connectivity index is 0.00000625. The second-order valence-electron chi connectivity index (χ2n) is 14.5. The van der Waals surface area contributed by atoms with Crippen molar-refractivity contribution >= 4 is 110 Å². The van der Waals surface area contributed by atoms with Crippen molar-refractivity contribution in [3.63, 3.8) is 0 Å². The van der Waals surface area contributed by atoms with Gasteiger partial charge in [0.15, 0.2) is 46.5 Å². The van der Waals surface area contributed by atoms with Gasteiger partial charge in [0.25, 0.3) is 0 Å². The fraction of sp³-hybridized carbons (Fsp3) is 0.0625. The Hall–Kier alpha value is -5.90. The average Bonchev–Trinajstić information content (AvgIpc) is 4.19. The minimum absolute atomic E-state index is 0. The van der Waals surface area contributed by atoms with Gasteiger partial charge in [0, 0.05) is 57.3 Å². The zero-order valence-electron chi connectivity index (χ0n) is 34.8. The molecule has 5 heterocycles. The topological polar surface area (TPSA) is 82.8 Å². The first-order valence-corrected chi connectivity index (χ1v) is 21.5. The van der Waals surface area contributed by atoms with E-state index in [0.29, 0.717) is 11.3 Å². The van der Waals surface area contributed by atoms with Gasteiger partial charge in [0.05, 0.1) is 16.7 Å². The molecule has 0 unspecified atom stereocenters. The second-order valence-corrected chi connectivity index (χ2v) is 16.6. The summed E-state index contributed by atoms with van der Waals surface area (Å²) in [6.07, 6.45) is 5.46. The van der Waals surface area contributed by atoms with Gasteiger partial charge >= 0.3 is 29.0 Å². The molecular weight excluding hydrogens is 1040 g/mol.